The number of benzene rings is 1. The lowest BCUT2D eigenvalue weighted by Gasteiger charge is -2.05. The number of carbonyl (C=O) groups excluding carboxylic acids is 1. The molecule has 0 aliphatic heterocycles. The largest absolute Gasteiger partial charge is 0.322 e. The number of rotatable bonds is 4. The van der Waals surface area contributed by atoms with Crippen molar-refractivity contribution in [3.8, 4) is 0 Å². The summed E-state index contributed by atoms with van der Waals surface area (Å²) in [4.78, 5) is 18.8. The minimum absolute atomic E-state index is 0.0669. The van der Waals surface area contributed by atoms with Gasteiger partial charge in [-0.1, -0.05) is 24.3 Å². The molecule has 3 aromatic rings. The Morgan fingerprint density at radius 1 is 1.08 bits per heavy atom. The van der Waals surface area contributed by atoms with Crippen molar-refractivity contribution >= 4 is 35.1 Å². The van der Waals surface area contributed by atoms with Crippen molar-refractivity contribution in [1.29, 1.82) is 0 Å². The number of nitrogens with zero attached hydrogens (tertiary/aromatic N) is 1. The van der Waals surface area contributed by atoms with E-state index in [9.17, 15) is 4.79 Å². The highest BCUT2D eigenvalue weighted by atomic mass is 32.1. The summed E-state index contributed by atoms with van der Waals surface area (Å²) in [6.07, 6.45) is 5.70. The fraction of sp³-hybridized carbons (Fsp3) is 0.100. The third-order valence-corrected chi connectivity index (χ3v) is 4.53. The van der Waals surface area contributed by atoms with Crippen molar-refractivity contribution < 1.29 is 4.79 Å². The van der Waals surface area contributed by atoms with Crippen molar-refractivity contribution in [1.82, 2.24) is 4.98 Å². The maximum atomic E-state index is 12.4. The number of amides is 1. The smallest absolute Gasteiger partial charge is 0.256 e. The van der Waals surface area contributed by atoms with Crippen LogP contribution in [0.1, 0.15) is 31.4 Å². The van der Waals surface area contributed by atoms with E-state index in [0.717, 1.165) is 32.3 Å². The maximum Gasteiger partial charge on any atom is 0.256 e. The van der Waals surface area contributed by atoms with Crippen LogP contribution in [0.25, 0.3) is 12.2 Å². The van der Waals surface area contributed by atoms with Gasteiger partial charge < -0.3 is 5.32 Å². The Kier molecular flexibility index (Phi) is 4.87. The number of aromatic nitrogens is 1. The van der Waals surface area contributed by atoms with Crippen molar-refractivity contribution in [2.45, 2.75) is 13.8 Å². The molecule has 0 unspecified atom stereocenters. The van der Waals surface area contributed by atoms with Crippen LogP contribution in [0.3, 0.4) is 0 Å². The van der Waals surface area contributed by atoms with E-state index in [1.165, 1.54) is 0 Å². The van der Waals surface area contributed by atoms with Gasteiger partial charge in [0.05, 0.1) is 11.3 Å². The minimum Gasteiger partial charge on any atom is -0.322 e. The topological polar surface area (TPSA) is 42.0 Å². The predicted octanol–water partition coefficient (Wildman–Crippen LogP) is 5.18. The van der Waals surface area contributed by atoms with Crippen molar-refractivity contribution in [3.63, 3.8) is 0 Å². The summed E-state index contributed by atoms with van der Waals surface area (Å²) in [5.41, 5.74) is 3.44. The first kappa shape index (κ1) is 16.1. The first-order chi connectivity index (χ1) is 11.6. The van der Waals surface area contributed by atoms with E-state index >= 15 is 0 Å². The van der Waals surface area contributed by atoms with E-state index < -0.39 is 0 Å². The summed E-state index contributed by atoms with van der Waals surface area (Å²) in [5, 5.41) is 2.97. The first-order valence-corrected chi connectivity index (χ1v) is 8.51. The van der Waals surface area contributed by atoms with Crippen molar-refractivity contribution in [2.75, 3.05) is 5.32 Å². The molecule has 1 N–H and O–H groups in total. The summed E-state index contributed by atoms with van der Waals surface area (Å²) in [6, 6.07) is 15.5. The lowest BCUT2D eigenvalue weighted by Crippen LogP contribution is -2.11. The Bertz CT molecular complexity index is 882. The molecule has 0 bridgehead atoms. The Morgan fingerprint density at radius 3 is 2.67 bits per heavy atom. The molecule has 1 amide bonds. The fourth-order valence-corrected chi connectivity index (χ4v) is 3.35. The van der Waals surface area contributed by atoms with Gasteiger partial charge in [-0.15, -0.1) is 11.3 Å². The Morgan fingerprint density at radius 2 is 1.96 bits per heavy atom. The fourth-order valence-electron chi connectivity index (χ4n) is 2.43. The number of pyridine rings is 1. The first-order valence-electron chi connectivity index (χ1n) is 7.69. The molecule has 0 aliphatic rings. The average Bonchev–Trinajstić information content (AvgIpc) is 2.93. The highest BCUT2D eigenvalue weighted by molar-refractivity contribution is 7.12. The predicted molar refractivity (Wildman–Crippen MR) is 101 cm³/mol. The molecule has 4 heteroatoms. The van der Waals surface area contributed by atoms with Gasteiger partial charge >= 0.3 is 0 Å². The summed E-state index contributed by atoms with van der Waals surface area (Å²) < 4.78 is 0. The van der Waals surface area contributed by atoms with Crippen molar-refractivity contribution in [3.05, 3.63) is 81.3 Å². The Hall–Kier alpha value is -2.72. The molecule has 1 aromatic carbocycles. The van der Waals surface area contributed by atoms with E-state index in [2.05, 4.69) is 10.3 Å². The molecular formula is C20H18N2OS. The van der Waals surface area contributed by atoms with Crippen LogP contribution < -0.4 is 5.32 Å². The van der Waals surface area contributed by atoms with Crippen LogP contribution in [0.15, 0.2) is 54.7 Å². The number of anilines is 1. The highest BCUT2D eigenvalue weighted by Gasteiger charge is 2.12. The zero-order valence-electron chi connectivity index (χ0n) is 13.6. The van der Waals surface area contributed by atoms with Crippen LogP contribution >= 0.6 is 11.3 Å². The van der Waals surface area contributed by atoms with Gasteiger partial charge in [-0.25, -0.2) is 0 Å². The quantitative estimate of drug-likeness (QED) is 0.714. The Labute approximate surface area is 145 Å². The van der Waals surface area contributed by atoms with E-state index in [1.54, 1.807) is 17.5 Å². The molecule has 0 atom stereocenters. The summed E-state index contributed by atoms with van der Waals surface area (Å²) in [5.74, 6) is -0.0669. The molecule has 24 heavy (non-hydrogen) atoms. The van der Waals surface area contributed by atoms with Gasteiger partial charge in [0.2, 0.25) is 0 Å². The van der Waals surface area contributed by atoms with Gasteiger partial charge in [0, 0.05) is 21.6 Å². The van der Waals surface area contributed by atoms with Crippen LogP contribution in [-0.2, 0) is 0 Å². The molecule has 120 valence electrons. The molecule has 0 saturated heterocycles. The summed E-state index contributed by atoms with van der Waals surface area (Å²) >= 11 is 1.64. The molecular weight excluding hydrogens is 316 g/mol. The van der Waals surface area contributed by atoms with Crippen molar-refractivity contribution in [2.24, 2.45) is 0 Å². The molecule has 3 rings (SSSR count). The standard InChI is InChI=1S/C20H18N2OS/c1-14-12-19(15(2)24-14)20(23)22-18-8-5-6-16(13-18)9-10-17-7-3-4-11-21-17/h3-13H,1-2H3,(H,22,23)/b10-9+. The average molecular weight is 334 g/mol. The van der Waals surface area contributed by atoms with E-state index in [1.807, 2.05) is 74.5 Å². The second-order valence-corrected chi connectivity index (χ2v) is 6.95. The highest BCUT2D eigenvalue weighted by Crippen LogP contribution is 2.22. The number of aryl methyl sites for hydroxylation is 2. The SMILES string of the molecule is Cc1cc(C(=O)Nc2cccc(/C=C/c3ccccn3)c2)c(C)s1. The molecule has 0 saturated carbocycles. The van der Waals surface area contributed by atoms with Crippen LogP contribution in [0.2, 0.25) is 0 Å². The van der Waals surface area contributed by atoms with E-state index in [4.69, 9.17) is 0 Å². The lowest BCUT2D eigenvalue weighted by atomic mass is 10.1. The molecule has 0 spiro atoms. The normalized spacial score (nSPS) is 10.9. The van der Waals surface area contributed by atoms with Crippen LogP contribution in [-0.4, -0.2) is 10.9 Å². The summed E-state index contributed by atoms with van der Waals surface area (Å²) in [6.45, 7) is 3.98. The number of thiophene rings is 1. The lowest BCUT2D eigenvalue weighted by molar-refractivity contribution is 0.102. The molecule has 0 aliphatic carbocycles. The van der Waals surface area contributed by atoms with Crippen LogP contribution in [0.4, 0.5) is 5.69 Å². The van der Waals surface area contributed by atoms with Gasteiger partial charge in [-0.05, 0) is 55.8 Å². The number of nitrogens with one attached hydrogen (secondary N) is 1. The Balaban J connectivity index is 1.75. The van der Waals surface area contributed by atoms with Crippen LogP contribution in [0.5, 0.6) is 0 Å². The molecule has 0 radical (unpaired) electrons. The number of carbonyl (C=O) groups is 1. The van der Waals surface area contributed by atoms with E-state index in [0.29, 0.717) is 0 Å². The van der Waals surface area contributed by atoms with Gasteiger partial charge in [0.25, 0.3) is 5.91 Å². The van der Waals surface area contributed by atoms with Gasteiger partial charge in [0.1, 0.15) is 0 Å². The number of hydrogen-bond acceptors (Lipinski definition) is 3. The van der Waals surface area contributed by atoms with Crippen LogP contribution in [0, 0.1) is 13.8 Å². The molecule has 2 heterocycles. The number of hydrogen-bond donors (Lipinski definition) is 1. The monoisotopic (exact) mass is 334 g/mol. The second kappa shape index (κ2) is 7.23. The second-order valence-electron chi connectivity index (χ2n) is 5.49. The molecule has 3 nitrogen and oxygen atoms in total. The third kappa shape index (κ3) is 3.97. The summed E-state index contributed by atoms with van der Waals surface area (Å²) in [7, 11) is 0. The zero-order valence-corrected chi connectivity index (χ0v) is 14.4. The molecule has 2 aromatic heterocycles. The zero-order chi connectivity index (χ0) is 16.9. The minimum atomic E-state index is -0.0669. The maximum absolute atomic E-state index is 12.4. The van der Waals surface area contributed by atoms with Gasteiger partial charge in [-0.3, -0.25) is 9.78 Å². The third-order valence-electron chi connectivity index (χ3n) is 3.56. The van der Waals surface area contributed by atoms with E-state index in [-0.39, 0.29) is 5.91 Å². The molecule has 0 fully saturated rings. The van der Waals surface area contributed by atoms with Gasteiger partial charge in [-0.2, -0.15) is 0 Å². The van der Waals surface area contributed by atoms with Gasteiger partial charge in [0.15, 0.2) is 0 Å².